The molecule has 5 nitrogen and oxygen atoms in total. The van der Waals surface area contributed by atoms with Gasteiger partial charge in [0.15, 0.2) is 0 Å². The molecule has 0 aromatic carbocycles. The Bertz CT molecular complexity index is 201. The van der Waals surface area contributed by atoms with Crippen LogP contribution in [0.4, 0.5) is 4.79 Å². The molecule has 2 saturated heterocycles. The quantitative estimate of drug-likeness (QED) is 0.679. The van der Waals surface area contributed by atoms with Gasteiger partial charge in [-0.05, 0) is 51.9 Å². The number of piperidine rings is 2. The van der Waals surface area contributed by atoms with Gasteiger partial charge >= 0.3 is 6.16 Å². The highest BCUT2D eigenvalue weighted by Gasteiger charge is 2.22. The Kier molecular flexibility index (Phi) is 4.42. The van der Waals surface area contributed by atoms with Gasteiger partial charge in [0.2, 0.25) is 0 Å². The van der Waals surface area contributed by atoms with E-state index >= 15 is 0 Å². The van der Waals surface area contributed by atoms with Crippen LogP contribution in [0.15, 0.2) is 0 Å². The second-order valence-corrected chi connectivity index (χ2v) is 4.38. The zero-order valence-corrected chi connectivity index (χ0v) is 9.54. The molecule has 92 valence electrons. The summed E-state index contributed by atoms with van der Waals surface area (Å²) >= 11 is 0. The van der Waals surface area contributed by atoms with Crippen LogP contribution in [0.25, 0.3) is 0 Å². The van der Waals surface area contributed by atoms with Crippen molar-refractivity contribution in [3.63, 3.8) is 0 Å². The van der Waals surface area contributed by atoms with Gasteiger partial charge in [-0.15, -0.1) is 0 Å². The average molecular weight is 228 g/mol. The van der Waals surface area contributed by atoms with Crippen LogP contribution in [-0.2, 0) is 9.47 Å². The molecule has 2 heterocycles. The Morgan fingerprint density at radius 2 is 1.19 bits per heavy atom. The van der Waals surface area contributed by atoms with Crippen LogP contribution >= 0.6 is 0 Å². The van der Waals surface area contributed by atoms with Crippen LogP contribution in [0, 0.1) is 0 Å². The molecule has 2 rings (SSSR count). The normalized spacial score (nSPS) is 24.0. The third-order valence-corrected chi connectivity index (χ3v) is 3.10. The lowest BCUT2D eigenvalue weighted by atomic mass is 10.1. The number of ether oxygens (including phenoxy) is 2. The lowest BCUT2D eigenvalue weighted by Crippen LogP contribution is -2.37. The average Bonchev–Trinajstić information content (AvgIpc) is 2.31. The smallest absolute Gasteiger partial charge is 0.431 e. The number of rotatable bonds is 2. The predicted molar refractivity (Wildman–Crippen MR) is 59.3 cm³/mol. The van der Waals surface area contributed by atoms with Crippen molar-refractivity contribution in [2.45, 2.75) is 37.9 Å². The Hall–Kier alpha value is -0.810. The molecule has 2 aliphatic heterocycles. The van der Waals surface area contributed by atoms with Crippen molar-refractivity contribution >= 4 is 6.16 Å². The van der Waals surface area contributed by atoms with Crippen molar-refractivity contribution in [1.29, 1.82) is 0 Å². The maximum atomic E-state index is 11.5. The molecule has 0 atom stereocenters. The molecule has 0 aromatic rings. The predicted octanol–water partition coefficient (Wildman–Crippen LogP) is 0.644. The molecule has 0 aliphatic carbocycles. The minimum atomic E-state index is -0.487. The van der Waals surface area contributed by atoms with E-state index in [9.17, 15) is 4.79 Å². The Labute approximate surface area is 95.9 Å². The van der Waals surface area contributed by atoms with E-state index in [4.69, 9.17) is 9.47 Å². The van der Waals surface area contributed by atoms with E-state index in [-0.39, 0.29) is 12.2 Å². The van der Waals surface area contributed by atoms with Crippen LogP contribution < -0.4 is 10.6 Å². The first-order valence-corrected chi connectivity index (χ1v) is 6.13. The van der Waals surface area contributed by atoms with Crippen molar-refractivity contribution in [3.8, 4) is 0 Å². The zero-order valence-electron chi connectivity index (χ0n) is 9.54. The van der Waals surface area contributed by atoms with Gasteiger partial charge < -0.3 is 20.1 Å². The molecule has 0 spiro atoms. The Morgan fingerprint density at radius 1 is 0.812 bits per heavy atom. The van der Waals surface area contributed by atoms with Crippen LogP contribution in [-0.4, -0.2) is 44.5 Å². The number of nitrogens with one attached hydrogen (secondary N) is 2. The molecule has 16 heavy (non-hydrogen) atoms. The van der Waals surface area contributed by atoms with E-state index in [1.54, 1.807) is 0 Å². The first-order chi connectivity index (χ1) is 7.84. The highest BCUT2D eigenvalue weighted by Crippen LogP contribution is 2.12. The molecule has 0 aromatic heterocycles. The molecule has 0 unspecified atom stereocenters. The fourth-order valence-electron chi connectivity index (χ4n) is 2.13. The molecule has 5 heteroatoms. The molecular formula is C11H20N2O3. The van der Waals surface area contributed by atoms with E-state index in [2.05, 4.69) is 10.6 Å². The van der Waals surface area contributed by atoms with Gasteiger partial charge in [0.05, 0.1) is 0 Å². The highest BCUT2D eigenvalue weighted by molar-refractivity contribution is 5.60. The minimum Gasteiger partial charge on any atom is -0.431 e. The standard InChI is InChI=1S/C11H20N2O3/c14-11(15-9-1-5-12-6-2-9)16-10-3-7-13-8-4-10/h9-10,12-13H,1-8H2. The van der Waals surface area contributed by atoms with Gasteiger partial charge in [0.25, 0.3) is 0 Å². The third-order valence-electron chi connectivity index (χ3n) is 3.10. The van der Waals surface area contributed by atoms with Crippen LogP contribution in [0.5, 0.6) is 0 Å². The molecule has 0 bridgehead atoms. The molecule has 2 N–H and O–H groups in total. The summed E-state index contributed by atoms with van der Waals surface area (Å²) in [4.78, 5) is 11.5. The topological polar surface area (TPSA) is 59.6 Å². The Balaban J connectivity index is 1.66. The summed E-state index contributed by atoms with van der Waals surface area (Å²) in [5, 5.41) is 6.46. The van der Waals surface area contributed by atoms with Crippen LogP contribution in [0.1, 0.15) is 25.7 Å². The summed E-state index contributed by atoms with van der Waals surface area (Å²) in [6, 6.07) is 0. The van der Waals surface area contributed by atoms with E-state index in [1.165, 1.54) is 0 Å². The molecule has 0 amide bonds. The molecular weight excluding hydrogens is 208 g/mol. The van der Waals surface area contributed by atoms with E-state index in [0.717, 1.165) is 51.9 Å². The number of hydrogen-bond donors (Lipinski definition) is 2. The van der Waals surface area contributed by atoms with Crippen molar-refractivity contribution in [2.75, 3.05) is 26.2 Å². The van der Waals surface area contributed by atoms with Crippen molar-refractivity contribution < 1.29 is 14.3 Å². The first kappa shape index (κ1) is 11.7. The summed E-state index contributed by atoms with van der Waals surface area (Å²) in [7, 11) is 0. The van der Waals surface area contributed by atoms with E-state index in [1.807, 2.05) is 0 Å². The summed E-state index contributed by atoms with van der Waals surface area (Å²) in [5.74, 6) is 0. The van der Waals surface area contributed by atoms with E-state index in [0.29, 0.717) is 0 Å². The summed E-state index contributed by atoms with van der Waals surface area (Å²) in [6.07, 6.45) is 3.15. The number of carbonyl (C=O) groups is 1. The Morgan fingerprint density at radius 3 is 1.56 bits per heavy atom. The van der Waals surface area contributed by atoms with Gasteiger partial charge in [0.1, 0.15) is 12.2 Å². The lowest BCUT2D eigenvalue weighted by molar-refractivity contribution is -0.0155. The maximum absolute atomic E-state index is 11.5. The number of carbonyl (C=O) groups excluding carboxylic acids is 1. The fourth-order valence-corrected chi connectivity index (χ4v) is 2.13. The summed E-state index contributed by atoms with van der Waals surface area (Å²) in [5.41, 5.74) is 0. The van der Waals surface area contributed by atoms with Gasteiger partial charge in [-0.2, -0.15) is 0 Å². The summed E-state index contributed by atoms with van der Waals surface area (Å²) in [6.45, 7) is 3.69. The SMILES string of the molecule is O=C(OC1CCNCC1)OC1CCNCC1. The third kappa shape index (κ3) is 3.64. The van der Waals surface area contributed by atoms with Gasteiger partial charge in [0, 0.05) is 0 Å². The lowest BCUT2D eigenvalue weighted by Gasteiger charge is -2.25. The molecule has 2 aliphatic rings. The molecule has 2 fully saturated rings. The van der Waals surface area contributed by atoms with Crippen molar-refractivity contribution in [3.05, 3.63) is 0 Å². The van der Waals surface area contributed by atoms with E-state index < -0.39 is 6.16 Å². The van der Waals surface area contributed by atoms with Gasteiger partial charge in [-0.1, -0.05) is 0 Å². The first-order valence-electron chi connectivity index (χ1n) is 6.13. The highest BCUT2D eigenvalue weighted by atomic mass is 16.7. The van der Waals surface area contributed by atoms with Gasteiger partial charge in [-0.25, -0.2) is 4.79 Å². The molecule has 0 radical (unpaired) electrons. The monoisotopic (exact) mass is 228 g/mol. The van der Waals surface area contributed by atoms with Crippen molar-refractivity contribution in [1.82, 2.24) is 10.6 Å². The fraction of sp³-hybridized carbons (Fsp3) is 0.909. The number of hydrogen-bond acceptors (Lipinski definition) is 5. The largest absolute Gasteiger partial charge is 0.508 e. The molecule has 0 saturated carbocycles. The zero-order chi connectivity index (χ0) is 11.2. The van der Waals surface area contributed by atoms with Crippen LogP contribution in [0.3, 0.4) is 0 Å². The van der Waals surface area contributed by atoms with Crippen molar-refractivity contribution in [2.24, 2.45) is 0 Å². The second-order valence-electron chi connectivity index (χ2n) is 4.38. The van der Waals surface area contributed by atoms with Gasteiger partial charge in [-0.3, -0.25) is 0 Å². The summed E-state index contributed by atoms with van der Waals surface area (Å²) < 4.78 is 10.5. The minimum absolute atomic E-state index is 0.0375. The second kappa shape index (κ2) is 6.06. The maximum Gasteiger partial charge on any atom is 0.508 e. The van der Waals surface area contributed by atoms with Crippen LogP contribution in [0.2, 0.25) is 0 Å².